The molecule has 1 saturated heterocycles. The number of carbonyl (C=O) groups excluding carboxylic acids is 2. The van der Waals surface area contributed by atoms with Gasteiger partial charge in [0.15, 0.2) is 17.3 Å². The van der Waals surface area contributed by atoms with Crippen LogP contribution in [0.25, 0.3) is 17.2 Å². The smallest absolute Gasteiger partial charge is 0.416 e. The second-order valence-corrected chi connectivity index (χ2v) is 14.5. The fraction of sp³-hybridized carbons (Fsp3) is 0.378. The summed E-state index contributed by atoms with van der Waals surface area (Å²) in [5, 5.41) is 17.0. The van der Waals surface area contributed by atoms with Crippen LogP contribution < -0.4 is 10.9 Å². The van der Waals surface area contributed by atoms with Crippen LogP contribution in [0.3, 0.4) is 0 Å². The predicted octanol–water partition coefficient (Wildman–Crippen LogP) is 5.18. The Morgan fingerprint density at radius 3 is 2.41 bits per heavy atom. The molecule has 7 rings (SSSR count). The van der Waals surface area contributed by atoms with E-state index in [-0.39, 0.29) is 84.0 Å². The van der Waals surface area contributed by atoms with Crippen LogP contribution in [-0.4, -0.2) is 83.0 Å². The average molecular weight is 784 g/mol. The van der Waals surface area contributed by atoms with Crippen molar-refractivity contribution in [1.29, 1.82) is 0 Å². The van der Waals surface area contributed by atoms with Gasteiger partial charge in [-0.3, -0.25) is 14.4 Å². The van der Waals surface area contributed by atoms with E-state index in [0.717, 1.165) is 22.7 Å². The van der Waals surface area contributed by atoms with Gasteiger partial charge in [-0.15, -0.1) is 5.10 Å². The van der Waals surface area contributed by atoms with Gasteiger partial charge in [-0.1, -0.05) is 6.92 Å². The largest absolute Gasteiger partial charge is 0.504 e. The Kier molecular flexibility index (Phi) is 9.62. The summed E-state index contributed by atoms with van der Waals surface area (Å²) in [5.41, 5.74) is -2.84. The van der Waals surface area contributed by atoms with Gasteiger partial charge in [-0.25, -0.2) is 23.1 Å². The van der Waals surface area contributed by atoms with Gasteiger partial charge in [0.2, 0.25) is 11.7 Å². The number of anilines is 1. The molecule has 1 unspecified atom stereocenters. The summed E-state index contributed by atoms with van der Waals surface area (Å²) in [6, 6.07) is 3.57. The Bertz CT molecular complexity index is 2470. The molecule has 0 radical (unpaired) electrons. The molecule has 13 nitrogen and oxygen atoms in total. The molecule has 294 valence electrons. The van der Waals surface area contributed by atoms with E-state index < -0.39 is 70.1 Å². The number of amides is 2. The third-order valence-corrected chi connectivity index (χ3v) is 10.4. The number of rotatable bonds is 7. The topological polar surface area (TPSA) is 151 Å². The number of benzene rings is 2. The zero-order valence-corrected chi connectivity index (χ0v) is 30.5. The van der Waals surface area contributed by atoms with Crippen LogP contribution in [0.4, 0.5) is 32.0 Å². The van der Waals surface area contributed by atoms with Crippen molar-refractivity contribution in [2.75, 3.05) is 32.5 Å². The molecule has 19 heteroatoms. The lowest BCUT2D eigenvalue weighted by atomic mass is 9.73. The first-order chi connectivity index (χ1) is 26.4. The number of halogens is 6. The zero-order chi connectivity index (χ0) is 40.4. The number of aromatic hydroxyl groups is 1. The lowest BCUT2D eigenvalue weighted by molar-refractivity contribution is -0.137. The quantitative estimate of drug-likeness (QED) is 0.213. The molecule has 0 bridgehead atoms. The lowest BCUT2D eigenvalue weighted by Crippen LogP contribution is -2.46. The number of hydrogen-bond acceptors (Lipinski definition) is 9. The Hall–Kier alpha value is -5.85. The number of aromatic nitrogens is 6. The summed E-state index contributed by atoms with van der Waals surface area (Å²) in [4.78, 5) is 56.9. The van der Waals surface area contributed by atoms with Crippen molar-refractivity contribution in [2.24, 2.45) is 0 Å². The molecular weight excluding hydrogens is 748 g/mol. The zero-order valence-electron chi connectivity index (χ0n) is 30.5. The molecule has 1 fully saturated rings. The number of carbonyl (C=O) groups is 2. The van der Waals surface area contributed by atoms with Gasteiger partial charge in [0, 0.05) is 41.9 Å². The molecule has 1 aliphatic carbocycles. The van der Waals surface area contributed by atoms with Gasteiger partial charge >= 0.3 is 6.18 Å². The van der Waals surface area contributed by atoms with E-state index in [1.807, 2.05) is 6.92 Å². The maximum Gasteiger partial charge on any atom is 0.416 e. The van der Waals surface area contributed by atoms with Crippen molar-refractivity contribution in [3.63, 3.8) is 0 Å². The Balaban J connectivity index is 1.31. The average Bonchev–Trinajstić information content (AvgIpc) is 3.69. The van der Waals surface area contributed by atoms with Gasteiger partial charge < -0.3 is 24.8 Å². The minimum atomic E-state index is -4.82. The van der Waals surface area contributed by atoms with Crippen molar-refractivity contribution >= 4 is 23.3 Å². The Labute approximate surface area is 314 Å². The number of nitrogens with zero attached hydrogens (tertiary/aromatic N) is 8. The van der Waals surface area contributed by atoms with E-state index in [1.165, 1.54) is 22.7 Å². The minimum absolute atomic E-state index is 0.0661. The first-order valence-corrected chi connectivity index (χ1v) is 17.5. The number of alkyl halides is 3. The molecule has 0 saturated carbocycles. The van der Waals surface area contributed by atoms with E-state index in [9.17, 15) is 37.1 Å². The highest BCUT2D eigenvalue weighted by Crippen LogP contribution is 2.50. The molecule has 4 heterocycles. The molecule has 56 heavy (non-hydrogen) atoms. The van der Waals surface area contributed by atoms with Crippen molar-refractivity contribution in [1.82, 2.24) is 38.9 Å². The summed E-state index contributed by atoms with van der Waals surface area (Å²) in [5.74, 6) is -5.68. The number of aryl methyl sites for hydroxylation is 1. The van der Waals surface area contributed by atoms with Crippen LogP contribution in [0.5, 0.6) is 5.75 Å². The van der Waals surface area contributed by atoms with Crippen molar-refractivity contribution in [3.8, 4) is 17.1 Å². The molecule has 2 aromatic carbocycles. The monoisotopic (exact) mass is 783 g/mol. The molecule has 3 aromatic heterocycles. The molecule has 5 aromatic rings. The van der Waals surface area contributed by atoms with Crippen LogP contribution in [0, 0.1) is 24.4 Å². The van der Waals surface area contributed by atoms with Crippen LogP contribution >= 0.6 is 0 Å². The third kappa shape index (κ3) is 6.73. The highest BCUT2D eigenvalue weighted by Gasteiger charge is 2.49. The molecule has 2 amide bonds. The highest BCUT2D eigenvalue weighted by atomic mass is 19.4. The third-order valence-electron chi connectivity index (χ3n) is 10.4. The van der Waals surface area contributed by atoms with E-state index in [1.54, 1.807) is 19.0 Å². The highest BCUT2D eigenvalue weighted by molar-refractivity contribution is 5.95. The fourth-order valence-corrected chi connectivity index (χ4v) is 7.85. The van der Waals surface area contributed by atoms with E-state index in [0.29, 0.717) is 18.2 Å². The van der Waals surface area contributed by atoms with Crippen LogP contribution in [-0.2, 0) is 29.5 Å². The van der Waals surface area contributed by atoms with E-state index in [4.69, 9.17) is 0 Å². The molecule has 2 N–H and O–H groups in total. The summed E-state index contributed by atoms with van der Waals surface area (Å²) in [6.07, 6.45) is -2.69. The lowest BCUT2D eigenvalue weighted by Gasteiger charge is -2.39. The first kappa shape index (κ1) is 38.4. The standard InChI is InChI=1S/C37H35F6N9O4/c1-18-14-36(7-9-50(10-8-36)34(56)29-31(54)19(2)44-17-45-29)28-30(18)51(16-27(53)46-26-6-5-21(12-25(26)40)37(41,42)43)35-47-32(48-52(35)33(28)55)22-13-23(38)20(11-24(22)39)15-49(3)4/h5-6,11-13,17-18,54H,7-10,14-16H2,1-4H3,(H,46,53). The van der Waals surface area contributed by atoms with Gasteiger partial charge in [0.1, 0.15) is 30.3 Å². The Morgan fingerprint density at radius 1 is 1.04 bits per heavy atom. The second-order valence-electron chi connectivity index (χ2n) is 14.5. The van der Waals surface area contributed by atoms with Gasteiger partial charge in [0.25, 0.3) is 11.5 Å². The summed E-state index contributed by atoms with van der Waals surface area (Å²) in [6.45, 7) is 3.14. The number of nitrogens with one attached hydrogen (secondary N) is 1. The number of hydrogen-bond donors (Lipinski definition) is 2. The number of piperidine rings is 1. The second kappa shape index (κ2) is 14.0. The molecular formula is C37H35F6N9O4. The van der Waals surface area contributed by atoms with E-state index >= 15 is 8.78 Å². The van der Waals surface area contributed by atoms with Gasteiger partial charge in [0.05, 0.1) is 22.5 Å². The van der Waals surface area contributed by atoms with Gasteiger partial charge in [-0.2, -0.15) is 22.7 Å². The molecule has 1 aliphatic heterocycles. The first-order valence-electron chi connectivity index (χ1n) is 17.5. The van der Waals surface area contributed by atoms with Crippen molar-refractivity contribution in [3.05, 3.63) is 98.2 Å². The fourth-order valence-electron chi connectivity index (χ4n) is 7.85. The summed E-state index contributed by atoms with van der Waals surface area (Å²) >= 11 is 0. The molecule has 2 aliphatic rings. The normalized spacial score (nSPS) is 16.6. The molecule has 1 atom stereocenters. The predicted molar refractivity (Wildman–Crippen MR) is 188 cm³/mol. The maximum atomic E-state index is 15.6. The summed E-state index contributed by atoms with van der Waals surface area (Å²) in [7, 11) is 3.37. The van der Waals surface area contributed by atoms with Crippen molar-refractivity contribution < 1.29 is 41.0 Å². The van der Waals surface area contributed by atoms with Crippen molar-refractivity contribution in [2.45, 2.75) is 63.7 Å². The SMILES string of the molecule is Cc1ncnc(C(=O)N2CCC3(CC2)CC(C)c2c3c(=O)n3nc(-c4cc(F)c(CN(C)C)cc4F)nc3n2CC(=O)Nc2ccc(C(F)(F)F)cc2F)c1O. The Morgan fingerprint density at radius 2 is 1.75 bits per heavy atom. The van der Waals surface area contributed by atoms with Crippen LogP contribution in [0.15, 0.2) is 41.5 Å². The number of likely N-dealkylation sites (tertiary alicyclic amines) is 1. The summed E-state index contributed by atoms with van der Waals surface area (Å²) < 4.78 is 87.3. The minimum Gasteiger partial charge on any atom is -0.504 e. The van der Waals surface area contributed by atoms with Crippen LogP contribution in [0.2, 0.25) is 0 Å². The van der Waals surface area contributed by atoms with E-state index in [2.05, 4.69) is 25.4 Å². The number of fused-ring (bicyclic) bond motifs is 3. The molecule has 1 spiro atoms. The van der Waals surface area contributed by atoms with Crippen LogP contribution in [0.1, 0.15) is 70.7 Å². The van der Waals surface area contributed by atoms with Gasteiger partial charge in [-0.05, 0) is 76.5 Å². The maximum absolute atomic E-state index is 15.6.